The van der Waals surface area contributed by atoms with E-state index in [4.69, 9.17) is 9.84 Å². The number of ether oxygens (including phenoxy) is 1. The van der Waals surface area contributed by atoms with E-state index < -0.39 is 34.6 Å². The minimum atomic E-state index is -3.84. The fourth-order valence-electron chi connectivity index (χ4n) is 1.49. The van der Waals surface area contributed by atoms with Crippen LogP contribution in [0.3, 0.4) is 0 Å². The van der Waals surface area contributed by atoms with Crippen molar-refractivity contribution in [3.05, 3.63) is 24.3 Å². The Bertz CT molecular complexity index is 581. The number of carbonyl (C=O) groups is 1. The molecule has 0 aliphatic rings. The Hall–Kier alpha value is -1.64. The zero-order chi connectivity index (χ0) is 15.4. The fourth-order valence-corrected chi connectivity index (χ4v) is 2.69. The van der Waals surface area contributed by atoms with Crippen LogP contribution in [0.15, 0.2) is 29.2 Å². The Morgan fingerprint density at radius 3 is 2.65 bits per heavy atom. The second kappa shape index (κ2) is 6.21. The first-order chi connectivity index (χ1) is 9.16. The molecular formula is C12H17NO6S. The van der Waals surface area contributed by atoms with Crippen LogP contribution in [-0.2, 0) is 14.8 Å². The lowest BCUT2D eigenvalue weighted by Crippen LogP contribution is -2.42. The lowest BCUT2D eigenvalue weighted by molar-refractivity contribution is -0.141. The van der Waals surface area contributed by atoms with Gasteiger partial charge in [0.05, 0.1) is 24.0 Å². The van der Waals surface area contributed by atoms with Crippen LogP contribution in [-0.4, -0.2) is 43.9 Å². The molecule has 20 heavy (non-hydrogen) atoms. The molecule has 0 aliphatic heterocycles. The molecule has 3 N–H and O–H groups in total. The van der Waals surface area contributed by atoms with Gasteiger partial charge in [0.2, 0.25) is 10.0 Å². The van der Waals surface area contributed by atoms with E-state index >= 15 is 0 Å². The van der Waals surface area contributed by atoms with Crippen LogP contribution in [0.4, 0.5) is 0 Å². The Balaban J connectivity index is 2.82. The van der Waals surface area contributed by atoms with Crippen LogP contribution >= 0.6 is 0 Å². The van der Waals surface area contributed by atoms with Gasteiger partial charge in [0.15, 0.2) is 0 Å². The maximum Gasteiger partial charge on any atom is 0.306 e. The fraction of sp³-hybridized carbons (Fsp3) is 0.417. The van der Waals surface area contributed by atoms with Gasteiger partial charge in [-0.3, -0.25) is 4.79 Å². The van der Waals surface area contributed by atoms with Gasteiger partial charge in [0.1, 0.15) is 5.75 Å². The maximum atomic E-state index is 12.0. The lowest BCUT2D eigenvalue weighted by Gasteiger charge is -2.21. The van der Waals surface area contributed by atoms with Gasteiger partial charge < -0.3 is 14.9 Å². The molecule has 0 radical (unpaired) electrons. The van der Waals surface area contributed by atoms with Gasteiger partial charge in [-0.05, 0) is 19.1 Å². The van der Waals surface area contributed by atoms with Crippen molar-refractivity contribution in [3.63, 3.8) is 0 Å². The standard InChI is InChI=1S/C12H17NO6S/c1-12(16,7-11(14)15)8-13-20(17,18)10-5-3-4-9(6-10)19-2/h3-6,13,16H,7-8H2,1-2H3,(H,14,15). The average Bonchev–Trinajstić information content (AvgIpc) is 2.35. The van der Waals surface area contributed by atoms with Gasteiger partial charge in [-0.25, -0.2) is 13.1 Å². The molecular weight excluding hydrogens is 286 g/mol. The molecule has 1 atom stereocenters. The topological polar surface area (TPSA) is 113 Å². The first kappa shape index (κ1) is 16.4. The zero-order valence-electron chi connectivity index (χ0n) is 11.2. The molecule has 7 nitrogen and oxygen atoms in total. The Kier molecular flexibility index (Phi) is 5.09. The molecule has 0 fully saturated rings. The first-order valence-corrected chi connectivity index (χ1v) is 7.22. The summed E-state index contributed by atoms with van der Waals surface area (Å²) >= 11 is 0. The predicted octanol–water partition coefficient (Wildman–Crippen LogP) is 0.199. The van der Waals surface area contributed by atoms with Crippen molar-refractivity contribution in [3.8, 4) is 5.75 Å². The number of aliphatic carboxylic acids is 1. The summed E-state index contributed by atoms with van der Waals surface area (Å²) in [6, 6.07) is 5.81. The highest BCUT2D eigenvalue weighted by Crippen LogP contribution is 2.17. The number of aliphatic hydroxyl groups is 1. The van der Waals surface area contributed by atoms with Gasteiger partial charge >= 0.3 is 5.97 Å². The number of hydrogen-bond acceptors (Lipinski definition) is 5. The number of carboxylic acid groups (broad SMARTS) is 1. The smallest absolute Gasteiger partial charge is 0.306 e. The van der Waals surface area contributed by atoms with Crippen molar-refractivity contribution in [2.75, 3.05) is 13.7 Å². The number of benzene rings is 1. The van der Waals surface area contributed by atoms with E-state index in [0.29, 0.717) is 5.75 Å². The third kappa shape index (κ3) is 4.80. The highest BCUT2D eigenvalue weighted by molar-refractivity contribution is 7.89. The Morgan fingerprint density at radius 2 is 2.10 bits per heavy atom. The number of rotatable bonds is 7. The summed E-state index contributed by atoms with van der Waals surface area (Å²) in [5, 5.41) is 18.4. The van der Waals surface area contributed by atoms with Gasteiger partial charge in [-0.1, -0.05) is 6.07 Å². The first-order valence-electron chi connectivity index (χ1n) is 5.74. The minimum Gasteiger partial charge on any atom is -0.497 e. The number of nitrogens with one attached hydrogen (secondary N) is 1. The van der Waals surface area contributed by atoms with E-state index in [2.05, 4.69) is 4.72 Å². The summed E-state index contributed by atoms with van der Waals surface area (Å²) in [4.78, 5) is 10.5. The van der Waals surface area contributed by atoms with Gasteiger partial charge in [-0.2, -0.15) is 0 Å². The van der Waals surface area contributed by atoms with Crippen molar-refractivity contribution in [1.82, 2.24) is 4.72 Å². The van der Waals surface area contributed by atoms with Gasteiger partial charge in [0, 0.05) is 12.6 Å². The number of methoxy groups -OCH3 is 1. The van der Waals surface area contributed by atoms with Crippen molar-refractivity contribution < 1.29 is 28.2 Å². The summed E-state index contributed by atoms with van der Waals surface area (Å²) in [6.07, 6.45) is -0.562. The molecule has 8 heteroatoms. The summed E-state index contributed by atoms with van der Waals surface area (Å²) in [5.74, 6) is -0.833. The van der Waals surface area contributed by atoms with Crippen LogP contribution in [0.25, 0.3) is 0 Å². The van der Waals surface area contributed by atoms with E-state index in [0.717, 1.165) is 0 Å². The molecule has 0 saturated carbocycles. The van der Waals surface area contributed by atoms with Crippen LogP contribution in [0.2, 0.25) is 0 Å². The van der Waals surface area contributed by atoms with E-state index in [1.165, 1.54) is 32.2 Å². The SMILES string of the molecule is COc1cccc(S(=O)(=O)NCC(C)(O)CC(=O)O)c1. The molecule has 1 aromatic rings. The summed E-state index contributed by atoms with van der Waals surface area (Å²) in [6.45, 7) is 0.841. The number of sulfonamides is 1. The highest BCUT2D eigenvalue weighted by atomic mass is 32.2. The van der Waals surface area contributed by atoms with Crippen LogP contribution < -0.4 is 9.46 Å². The monoisotopic (exact) mass is 303 g/mol. The summed E-state index contributed by atoms with van der Waals surface area (Å²) < 4.78 is 31.1. The molecule has 112 valence electrons. The predicted molar refractivity (Wildman–Crippen MR) is 71.1 cm³/mol. The molecule has 1 aromatic carbocycles. The van der Waals surface area contributed by atoms with E-state index in [1.54, 1.807) is 6.07 Å². The van der Waals surface area contributed by atoms with Crippen molar-refractivity contribution in [1.29, 1.82) is 0 Å². The third-order valence-corrected chi connectivity index (χ3v) is 3.93. The lowest BCUT2D eigenvalue weighted by atomic mass is 10.0. The van der Waals surface area contributed by atoms with Crippen LogP contribution in [0.5, 0.6) is 5.75 Å². The van der Waals surface area contributed by atoms with Crippen molar-refractivity contribution in [2.45, 2.75) is 23.8 Å². The second-order valence-corrected chi connectivity index (χ2v) is 6.34. The molecule has 1 rings (SSSR count). The molecule has 0 saturated heterocycles. The van der Waals surface area contributed by atoms with E-state index in [9.17, 15) is 18.3 Å². The highest BCUT2D eigenvalue weighted by Gasteiger charge is 2.27. The summed E-state index contributed by atoms with van der Waals surface area (Å²) in [5.41, 5.74) is -1.67. The van der Waals surface area contributed by atoms with Crippen LogP contribution in [0, 0.1) is 0 Å². The molecule has 0 bridgehead atoms. The Morgan fingerprint density at radius 1 is 1.45 bits per heavy atom. The van der Waals surface area contributed by atoms with E-state index in [1.807, 2.05) is 0 Å². The Labute approximate surface area is 117 Å². The normalized spacial score (nSPS) is 14.6. The van der Waals surface area contributed by atoms with Gasteiger partial charge in [-0.15, -0.1) is 0 Å². The largest absolute Gasteiger partial charge is 0.497 e. The maximum absolute atomic E-state index is 12.0. The van der Waals surface area contributed by atoms with Crippen molar-refractivity contribution >= 4 is 16.0 Å². The quantitative estimate of drug-likeness (QED) is 0.663. The second-order valence-electron chi connectivity index (χ2n) is 4.57. The molecule has 0 heterocycles. The number of hydrogen-bond donors (Lipinski definition) is 3. The molecule has 0 spiro atoms. The van der Waals surface area contributed by atoms with E-state index in [-0.39, 0.29) is 4.90 Å². The molecule has 0 aromatic heterocycles. The summed E-state index contributed by atoms with van der Waals surface area (Å²) in [7, 11) is -2.43. The van der Waals surface area contributed by atoms with Crippen LogP contribution in [0.1, 0.15) is 13.3 Å². The van der Waals surface area contributed by atoms with Gasteiger partial charge in [0.25, 0.3) is 0 Å². The molecule has 0 aliphatic carbocycles. The molecule has 0 amide bonds. The number of carboxylic acids is 1. The van der Waals surface area contributed by atoms with Crippen molar-refractivity contribution in [2.24, 2.45) is 0 Å². The molecule has 1 unspecified atom stereocenters. The average molecular weight is 303 g/mol. The third-order valence-electron chi connectivity index (χ3n) is 2.53. The minimum absolute atomic E-state index is 0.0250. The zero-order valence-corrected chi connectivity index (χ0v) is 12.0.